The molecular weight excluding hydrogens is 280 g/mol. The van der Waals surface area contributed by atoms with Crippen molar-refractivity contribution in [3.05, 3.63) is 46.4 Å². The van der Waals surface area contributed by atoms with E-state index in [1.807, 2.05) is 38.1 Å². The minimum Gasteiger partial charge on any atom is -0.478 e. The molecule has 3 aromatic rings. The fourth-order valence-electron chi connectivity index (χ4n) is 3.02. The minimum atomic E-state index is -1.01. The Bertz CT molecular complexity index is 948. The normalized spacial score (nSPS) is 11.6. The van der Waals surface area contributed by atoms with Crippen LogP contribution in [0.2, 0.25) is 0 Å². The first-order chi connectivity index (χ1) is 10.4. The molecule has 0 aliphatic carbocycles. The van der Waals surface area contributed by atoms with Crippen molar-refractivity contribution in [1.29, 1.82) is 0 Å². The molecule has 114 valence electrons. The average Bonchev–Trinajstić information content (AvgIpc) is 2.76. The number of fused-ring (bicyclic) bond motifs is 3. The lowest BCUT2D eigenvalue weighted by Gasteiger charge is -2.11. The summed E-state index contributed by atoms with van der Waals surface area (Å²) in [5, 5.41) is 10.9. The zero-order valence-electron chi connectivity index (χ0n) is 12.8. The fourth-order valence-corrected chi connectivity index (χ4v) is 3.02. The summed E-state index contributed by atoms with van der Waals surface area (Å²) >= 11 is 0. The number of carboxylic acids is 1. The molecule has 0 saturated heterocycles. The number of hydrogen-bond donors (Lipinski definition) is 1. The molecule has 3 rings (SSSR count). The number of aromatic carboxylic acids is 1. The summed E-state index contributed by atoms with van der Waals surface area (Å²) in [6.07, 6.45) is 1.47. The Morgan fingerprint density at radius 2 is 1.95 bits per heavy atom. The highest BCUT2D eigenvalue weighted by Gasteiger charge is 2.20. The number of para-hydroxylation sites is 1. The van der Waals surface area contributed by atoms with Crippen molar-refractivity contribution < 1.29 is 9.90 Å². The van der Waals surface area contributed by atoms with Crippen LogP contribution in [0.5, 0.6) is 0 Å². The SMILES string of the molecule is CC(C)Cn1cc(C(=O)O)c2c3ccccc3n(C)c2c1=O. The zero-order chi connectivity index (χ0) is 16.0. The molecule has 22 heavy (non-hydrogen) atoms. The maximum atomic E-state index is 12.8. The van der Waals surface area contributed by atoms with Gasteiger partial charge >= 0.3 is 5.97 Å². The molecule has 0 unspecified atom stereocenters. The molecule has 0 bridgehead atoms. The fraction of sp³-hybridized carbons (Fsp3) is 0.294. The van der Waals surface area contributed by atoms with Crippen molar-refractivity contribution in [3.8, 4) is 0 Å². The quantitative estimate of drug-likeness (QED) is 0.808. The van der Waals surface area contributed by atoms with E-state index >= 15 is 0 Å². The van der Waals surface area contributed by atoms with Crippen LogP contribution in [0.1, 0.15) is 24.2 Å². The van der Waals surface area contributed by atoms with Gasteiger partial charge in [-0.15, -0.1) is 0 Å². The summed E-state index contributed by atoms with van der Waals surface area (Å²) in [5.41, 5.74) is 1.33. The standard InChI is InChI=1S/C17H18N2O3/c1-10(2)8-19-9-12(17(21)22)14-11-6-4-5-7-13(11)18(3)15(14)16(19)20/h4-7,9-10H,8H2,1-3H3,(H,21,22). The maximum absolute atomic E-state index is 12.8. The van der Waals surface area contributed by atoms with Crippen molar-refractivity contribution >= 4 is 27.8 Å². The van der Waals surface area contributed by atoms with E-state index in [0.29, 0.717) is 17.4 Å². The third-order valence-corrected chi connectivity index (χ3v) is 3.92. The number of carboxylic acid groups (broad SMARTS) is 1. The first-order valence-electron chi connectivity index (χ1n) is 7.25. The second-order valence-electron chi connectivity index (χ2n) is 6.00. The molecule has 1 N–H and O–H groups in total. The molecule has 0 fully saturated rings. The summed E-state index contributed by atoms with van der Waals surface area (Å²) < 4.78 is 3.30. The molecule has 2 heterocycles. The monoisotopic (exact) mass is 298 g/mol. The molecule has 0 atom stereocenters. The second-order valence-corrected chi connectivity index (χ2v) is 6.00. The average molecular weight is 298 g/mol. The van der Waals surface area contributed by atoms with Gasteiger partial charge in [0.15, 0.2) is 0 Å². The van der Waals surface area contributed by atoms with E-state index in [2.05, 4.69) is 0 Å². The van der Waals surface area contributed by atoms with Crippen LogP contribution < -0.4 is 5.56 Å². The van der Waals surface area contributed by atoms with Crippen molar-refractivity contribution in [2.24, 2.45) is 13.0 Å². The highest BCUT2D eigenvalue weighted by molar-refractivity contribution is 6.16. The smallest absolute Gasteiger partial charge is 0.337 e. The van der Waals surface area contributed by atoms with Gasteiger partial charge in [-0.25, -0.2) is 4.79 Å². The molecule has 5 heteroatoms. The number of pyridine rings is 1. The lowest BCUT2D eigenvalue weighted by molar-refractivity contribution is 0.0698. The first kappa shape index (κ1) is 14.4. The van der Waals surface area contributed by atoms with E-state index in [0.717, 1.165) is 10.9 Å². The van der Waals surface area contributed by atoms with Crippen molar-refractivity contribution in [2.75, 3.05) is 0 Å². The van der Waals surface area contributed by atoms with Crippen molar-refractivity contribution in [1.82, 2.24) is 9.13 Å². The van der Waals surface area contributed by atoms with Gasteiger partial charge in [0.2, 0.25) is 0 Å². The molecule has 0 radical (unpaired) electrons. The van der Waals surface area contributed by atoms with Crippen LogP contribution in [-0.2, 0) is 13.6 Å². The highest BCUT2D eigenvalue weighted by atomic mass is 16.4. The Labute approximate surface area is 127 Å². The van der Waals surface area contributed by atoms with Gasteiger partial charge in [-0.1, -0.05) is 32.0 Å². The van der Waals surface area contributed by atoms with Crippen LogP contribution in [0.15, 0.2) is 35.3 Å². The van der Waals surface area contributed by atoms with E-state index in [1.54, 1.807) is 11.6 Å². The molecule has 0 spiro atoms. The van der Waals surface area contributed by atoms with Crippen LogP contribution in [0.3, 0.4) is 0 Å². The number of aromatic nitrogens is 2. The maximum Gasteiger partial charge on any atom is 0.337 e. The van der Waals surface area contributed by atoms with Crippen molar-refractivity contribution in [2.45, 2.75) is 20.4 Å². The Morgan fingerprint density at radius 1 is 1.27 bits per heavy atom. The molecule has 0 aliphatic heterocycles. The Kier molecular flexibility index (Phi) is 3.28. The lowest BCUT2D eigenvalue weighted by atomic mass is 10.1. The third kappa shape index (κ3) is 2.01. The summed E-state index contributed by atoms with van der Waals surface area (Å²) in [6.45, 7) is 4.49. The number of benzene rings is 1. The van der Waals surface area contributed by atoms with Crippen LogP contribution in [0.25, 0.3) is 21.8 Å². The number of hydrogen-bond acceptors (Lipinski definition) is 2. The number of nitrogens with zero attached hydrogens (tertiary/aromatic N) is 2. The predicted molar refractivity (Wildman–Crippen MR) is 86.5 cm³/mol. The second kappa shape index (κ2) is 5.02. The van der Waals surface area contributed by atoms with Crippen LogP contribution in [0, 0.1) is 5.92 Å². The Morgan fingerprint density at radius 3 is 2.59 bits per heavy atom. The largest absolute Gasteiger partial charge is 0.478 e. The van der Waals surface area contributed by atoms with Crippen LogP contribution >= 0.6 is 0 Å². The van der Waals surface area contributed by atoms with Crippen LogP contribution in [-0.4, -0.2) is 20.2 Å². The lowest BCUT2D eigenvalue weighted by Crippen LogP contribution is -2.25. The summed E-state index contributed by atoms with van der Waals surface area (Å²) in [5.74, 6) is -0.759. The molecule has 5 nitrogen and oxygen atoms in total. The molecule has 1 aromatic carbocycles. The zero-order valence-corrected chi connectivity index (χ0v) is 12.8. The highest BCUT2D eigenvalue weighted by Crippen LogP contribution is 2.28. The van der Waals surface area contributed by atoms with Gasteiger partial charge in [0.25, 0.3) is 5.56 Å². The van der Waals surface area contributed by atoms with E-state index in [4.69, 9.17) is 0 Å². The Balaban J connectivity index is 2.54. The van der Waals surface area contributed by atoms with Gasteiger partial charge in [-0.3, -0.25) is 4.79 Å². The number of aryl methyl sites for hydroxylation is 1. The Hall–Kier alpha value is -2.56. The number of carbonyl (C=O) groups is 1. The summed E-state index contributed by atoms with van der Waals surface area (Å²) in [7, 11) is 1.80. The molecular formula is C17H18N2O3. The van der Waals surface area contributed by atoms with E-state index < -0.39 is 5.97 Å². The topological polar surface area (TPSA) is 64.2 Å². The summed E-state index contributed by atoms with van der Waals surface area (Å²) in [4.78, 5) is 24.5. The molecule has 0 amide bonds. The molecule has 0 aliphatic rings. The van der Waals surface area contributed by atoms with Gasteiger partial charge in [0.1, 0.15) is 5.52 Å². The van der Waals surface area contributed by atoms with E-state index in [-0.39, 0.29) is 17.0 Å². The minimum absolute atomic E-state index is 0.146. The molecule has 0 saturated carbocycles. The van der Waals surface area contributed by atoms with Gasteiger partial charge in [0, 0.05) is 36.1 Å². The van der Waals surface area contributed by atoms with Gasteiger partial charge < -0.3 is 14.2 Å². The van der Waals surface area contributed by atoms with Gasteiger partial charge in [0.05, 0.1) is 5.56 Å². The van der Waals surface area contributed by atoms with Crippen LogP contribution in [0.4, 0.5) is 0 Å². The van der Waals surface area contributed by atoms with Crippen molar-refractivity contribution in [3.63, 3.8) is 0 Å². The third-order valence-electron chi connectivity index (χ3n) is 3.92. The van der Waals surface area contributed by atoms with E-state index in [9.17, 15) is 14.7 Å². The van der Waals surface area contributed by atoms with Gasteiger partial charge in [-0.2, -0.15) is 0 Å². The molecule has 2 aromatic heterocycles. The number of rotatable bonds is 3. The summed E-state index contributed by atoms with van der Waals surface area (Å²) in [6, 6.07) is 7.49. The van der Waals surface area contributed by atoms with Gasteiger partial charge in [-0.05, 0) is 12.0 Å². The van der Waals surface area contributed by atoms with E-state index in [1.165, 1.54) is 10.8 Å². The first-order valence-corrected chi connectivity index (χ1v) is 7.25. The predicted octanol–water partition coefficient (Wildman–Crippen LogP) is 2.85.